The van der Waals surface area contributed by atoms with E-state index in [-0.39, 0.29) is 0 Å². The van der Waals surface area contributed by atoms with Crippen molar-refractivity contribution in [2.24, 2.45) is 5.73 Å². The van der Waals surface area contributed by atoms with Gasteiger partial charge in [-0.3, -0.25) is 0 Å². The van der Waals surface area contributed by atoms with Gasteiger partial charge in [0.25, 0.3) is 0 Å². The van der Waals surface area contributed by atoms with Gasteiger partial charge in [0.15, 0.2) is 0 Å². The van der Waals surface area contributed by atoms with Crippen molar-refractivity contribution in [2.75, 3.05) is 0 Å². The van der Waals surface area contributed by atoms with Crippen LogP contribution in [0.15, 0.2) is 30.3 Å². The zero-order valence-corrected chi connectivity index (χ0v) is 13.2. The lowest BCUT2D eigenvalue weighted by Gasteiger charge is -2.13. The lowest BCUT2D eigenvalue weighted by Crippen LogP contribution is -2.10. The second-order valence-electron chi connectivity index (χ2n) is 4.81. The van der Waals surface area contributed by atoms with Gasteiger partial charge in [-0.2, -0.15) is 0 Å². The van der Waals surface area contributed by atoms with E-state index in [1.54, 1.807) is 0 Å². The van der Waals surface area contributed by atoms with Crippen molar-refractivity contribution < 1.29 is 4.74 Å². The molecule has 0 saturated carbocycles. The Morgan fingerprint density at radius 1 is 1.05 bits per heavy atom. The summed E-state index contributed by atoms with van der Waals surface area (Å²) in [5.74, 6) is 1.59. The Morgan fingerprint density at radius 3 is 2.15 bits per heavy atom. The number of benzene rings is 2. The molecule has 0 saturated heterocycles. The van der Waals surface area contributed by atoms with E-state index in [9.17, 15) is 0 Å². The molecular weight excluding hydrogens is 290 g/mol. The molecule has 2 rings (SSSR count). The Bertz CT molecular complexity index is 659. The van der Waals surface area contributed by atoms with E-state index in [0.717, 1.165) is 33.8 Å². The molecule has 2 aromatic carbocycles. The summed E-state index contributed by atoms with van der Waals surface area (Å²) in [5.41, 5.74) is 9.54. The van der Waals surface area contributed by atoms with Crippen molar-refractivity contribution >= 4 is 28.8 Å². The number of hydrogen-bond acceptors (Lipinski definition) is 2. The predicted octanol–water partition coefficient (Wildman–Crippen LogP) is 4.69. The summed E-state index contributed by atoms with van der Waals surface area (Å²) in [6, 6.07) is 9.46. The van der Waals surface area contributed by atoms with Gasteiger partial charge < -0.3 is 10.5 Å². The van der Waals surface area contributed by atoms with Crippen molar-refractivity contribution in [3.63, 3.8) is 0 Å². The Morgan fingerprint density at radius 2 is 1.65 bits per heavy atom. The lowest BCUT2D eigenvalue weighted by molar-refractivity contribution is 0.474. The minimum atomic E-state index is 0.396. The molecule has 0 unspecified atom stereocenters. The average Bonchev–Trinajstić information content (AvgIpc) is 2.33. The van der Waals surface area contributed by atoms with E-state index in [0.29, 0.717) is 10.0 Å². The van der Waals surface area contributed by atoms with Gasteiger partial charge in [0.1, 0.15) is 16.5 Å². The molecule has 4 heteroatoms. The van der Waals surface area contributed by atoms with Crippen LogP contribution in [0.5, 0.6) is 11.5 Å². The second kappa shape index (κ2) is 5.81. The molecule has 0 spiro atoms. The summed E-state index contributed by atoms with van der Waals surface area (Å²) in [6.07, 6.45) is 0. The van der Waals surface area contributed by atoms with Crippen LogP contribution in [0, 0.1) is 20.8 Å². The monoisotopic (exact) mass is 305 g/mol. The molecule has 0 atom stereocenters. The molecule has 2 N–H and O–H groups in total. The summed E-state index contributed by atoms with van der Waals surface area (Å²) in [4.78, 5) is 0.396. The largest absolute Gasteiger partial charge is 0.457 e. The van der Waals surface area contributed by atoms with Crippen LogP contribution in [0.25, 0.3) is 0 Å². The van der Waals surface area contributed by atoms with E-state index >= 15 is 0 Å². The van der Waals surface area contributed by atoms with E-state index < -0.39 is 0 Å². The highest BCUT2D eigenvalue weighted by molar-refractivity contribution is 7.80. The molecule has 0 heterocycles. The summed E-state index contributed by atoms with van der Waals surface area (Å²) in [6.45, 7) is 5.91. The first-order chi connectivity index (χ1) is 9.38. The number of halogens is 1. The Hall–Kier alpha value is -1.58. The van der Waals surface area contributed by atoms with Gasteiger partial charge in [-0.1, -0.05) is 23.8 Å². The van der Waals surface area contributed by atoms with E-state index in [1.807, 2.05) is 51.1 Å². The molecule has 0 aromatic heterocycles. The maximum absolute atomic E-state index is 6.02. The summed E-state index contributed by atoms with van der Waals surface area (Å²) in [7, 11) is 0. The molecule has 0 fully saturated rings. The van der Waals surface area contributed by atoms with Crippen molar-refractivity contribution in [1.82, 2.24) is 0 Å². The lowest BCUT2D eigenvalue weighted by atomic mass is 10.1. The maximum Gasteiger partial charge on any atom is 0.133 e. The van der Waals surface area contributed by atoms with Crippen LogP contribution >= 0.6 is 23.8 Å². The van der Waals surface area contributed by atoms with E-state index in [4.69, 9.17) is 34.3 Å². The van der Waals surface area contributed by atoms with Crippen LogP contribution in [0.3, 0.4) is 0 Å². The molecule has 0 aliphatic heterocycles. The third-order valence-electron chi connectivity index (χ3n) is 3.11. The first kappa shape index (κ1) is 14.8. The van der Waals surface area contributed by atoms with Gasteiger partial charge in [-0.05, 0) is 67.8 Å². The van der Waals surface area contributed by atoms with Crippen molar-refractivity contribution in [3.05, 3.63) is 57.6 Å². The zero-order chi connectivity index (χ0) is 14.9. The number of rotatable bonds is 3. The molecule has 0 radical (unpaired) electrons. The number of thiocarbonyl (C=S) groups is 1. The number of ether oxygens (including phenoxy) is 1. The van der Waals surface area contributed by atoms with Crippen molar-refractivity contribution in [2.45, 2.75) is 20.8 Å². The molecule has 2 aromatic rings. The summed E-state index contributed by atoms with van der Waals surface area (Å²) < 4.78 is 5.97. The normalized spacial score (nSPS) is 10.4. The van der Waals surface area contributed by atoms with Gasteiger partial charge in [0, 0.05) is 10.6 Å². The molecule has 104 valence electrons. The number of nitrogens with two attached hydrogens (primary N) is 1. The molecule has 2 nitrogen and oxygen atoms in total. The van der Waals surface area contributed by atoms with E-state index in [1.165, 1.54) is 0 Å². The minimum absolute atomic E-state index is 0.396. The highest BCUT2D eigenvalue weighted by Gasteiger charge is 2.09. The minimum Gasteiger partial charge on any atom is -0.457 e. The van der Waals surface area contributed by atoms with Gasteiger partial charge >= 0.3 is 0 Å². The van der Waals surface area contributed by atoms with Gasteiger partial charge in [0.05, 0.1) is 0 Å². The van der Waals surface area contributed by atoms with Crippen LogP contribution in [-0.4, -0.2) is 4.99 Å². The number of hydrogen-bond donors (Lipinski definition) is 1. The highest BCUT2D eigenvalue weighted by Crippen LogP contribution is 2.32. The zero-order valence-electron chi connectivity index (χ0n) is 11.7. The van der Waals surface area contributed by atoms with Crippen LogP contribution in [0.2, 0.25) is 5.02 Å². The number of aryl methyl sites for hydroxylation is 3. The fourth-order valence-corrected chi connectivity index (χ4v) is 2.71. The van der Waals surface area contributed by atoms with Crippen molar-refractivity contribution in [3.8, 4) is 11.5 Å². The van der Waals surface area contributed by atoms with E-state index in [2.05, 4.69) is 0 Å². The summed E-state index contributed by atoms with van der Waals surface area (Å²) in [5, 5.41) is 0.715. The molecule has 0 amide bonds. The van der Waals surface area contributed by atoms with Crippen molar-refractivity contribution in [1.29, 1.82) is 0 Å². The van der Waals surface area contributed by atoms with Crippen LogP contribution in [0.1, 0.15) is 22.3 Å². The van der Waals surface area contributed by atoms with Gasteiger partial charge in [0.2, 0.25) is 0 Å². The van der Waals surface area contributed by atoms with Gasteiger partial charge in [-0.25, -0.2) is 0 Å². The SMILES string of the molecule is Cc1cc(Oc2c(C)cc(Cl)cc2C)ccc1C(N)=S. The fraction of sp³-hybridized carbons (Fsp3) is 0.188. The van der Waals surface area contributed by atoms with Crippen LogP contribution in [0.4, 0.5) is 0 Å². The topological polar surface area (TPSA) is 35.2 Å². The second-order valence-corrected chi connectivity index (χ2v) is 5.69. The van der Waals surface area contributed by atoms with Crippen LogP contribution < -0.4 is 10.5 Å². The molecule has 0 aliphatic rings. The first-order valence-electron chi connectivity index (χ1n) is 6.23. The Kier molecular flexibility index (Phi) is 4.31. The third kappa shape index (κ3) is 3.11. The molecule has 20 heavy (non-hydrogen) atoms. The molecular formula is C16H16ClNOS. The predicted molar refractivity (Wildman–Crippen MR) is 88.1 cm³/mol. The van der Waals surface area contributed by atoms with Crippen LogP contribution in [-0.2, 0) is 0 Å². The molecule has 0 bridgehead atoms. The standard InChI is InChI=1S/C16H16ClNOS/c1-9-8-13(4-5-14(9)16(18)20)19-15-10(2)6-12(17)7-11(15)3/h4-8H,1-3H3,(H2,18,20). The third-order valence-corrected chi connectivity index (χ3v) is 3.55. The summed E-state index contributed by atoms with van der Waals surface area (Å²) >= 11 is 11.0. The Balaban J connectivity index is 2.36. The average molecular weight is 306 g/mol. The van der Waals surface area contributed by atoms with Gasteiger partial charge in [-0.15, -0.1) is 0 Å². The first-order valence-corrected chi connectivity index (χ1v) is 7.02. The Labute approximate surface area is 129 Å². The maximum atomic E-state index is 6.02. The fourth-order valence-electron chi connectivity index (χ4n) is 2.15. The molecule has 0 aliphatic carbocycles. The smallest absolute Gasteiger partial charge is 0.133 e. The quantitative estimate of drug-likeness (QED) is 0.835. The highest BCUT2D eigenvalue weighted by atomic mass is 35.5.